The SMILES string of the molecule is CCOc1cccc(C(O)c2cc(C)c(Br)c(C)c2)c1. The van der Waals surface area contributed by atoms with Gasteiger partial charge >= 0.3 is 0 Å². The van der Waals surface area contributed by atoms with E-state index in [4.69, 9.17) is 4.74 Å². The molecule has 1 atom stereocenters. The summed E-state index contributed by atoms with van der Waals surface area (Å²) in [6.45, 7) is 6.63. The fourth-order valence-electron chi connectivity index (χ4n) is 2.27. The molecular formula is C17H19BrO2. The van der Waals surface area contributed by atoms with E-state index in [1.165, 1.54) is 0 Å². The van der Waals surface area contributed by atoms with Crippen LogP contribution in [0.25, 0.3) is 0 Å². The number of aliphatic hydroxyl groups is 1. The molecule has 1 N–H and O–H groups in total. The van der Waals surface area contributed by atoms with E-state index in [9.17, 15) is 5.11 Å². The van der Waals surface area contributed by atoms with Gasteiger partial charge in [0.05, 0.1) is 6.61 Å². The lowest BCUT2D eigenvalue weighted by Crippen LogP contribution is -2.02. The molecule has 0 spiro atoms. The van der Waals surface area contributed by atoms with Crippen molar-refractivity contribution in [2.45, 2.75) is 26.9 Å². The van der Waals surface area contributed by atoms with Crippen molar-refractivity contribution in [2.24, 2.45) is 0 Å². The molecule has 0 aliphatic carbocycles. The van der Waals surface area contributed by atoms with Gasteiger partial charge in [0.1, 0.15) is 11.9 Å². The molecule has 106 valence electrons. The zero-order valence-electron chi connectivity index (χ0n) is 12.0. The Balaban J connectivity index is 2.35. The summed E-state index contributed by atoms with van der Waals surface area (Å²) in [5, 5.41) is 10.6. The first-order chi connectivity index (χ1) is 9.52. The fraction of sp³-hybridized carbons (Fsp3) is 0.294. The van der Waals surface area contributed by atoms with Gasteiger partial charge in [-0.15, -0.1) is 0 Å². The van der Waals surface area contributed by atoms with Gasteiger partial charge in [-0.05, 0) is 55.2 Å². The third kappa shape index (κ3) is 3.22. The number of hydrogen-bond acceptors (Lipinski definition) is 2. The topological polar surface area (TPSA) is 29.5 Å². The summed E-state index contributed by atoms with van der Waals surface area (Å²) < 4.78 is 6.57. The van der Waals surface area contributed by atoms with Gasteiger partial charge in [-0.2, -0.15) is 0 Å². The molecule has 0 aliphatic heterocycles. The smallest absolute Gasteiger partial charge is 0.119 e. The van der Waals surface area contributed by atoms with Crippen LogP contribution in [0.5, 0.6) is 5.75 Å². The van der Waals surface area contributed by atoms with Crippen LogP contribution >= 0.6 is 15.9 Å². The predicted molar refractivity (Wildman–Crippen MR) is 85.3 cm³/mol. The van der Waals surface area contributed by atoms with Crippen molar-refractivity contribution in [3.05, 3.63) is 63.1 Å². The summed E-state index contributed by atoms with van der Waals surface area (Å²) in [6, 6.07) is 11.6. The third-order valence-electron chi connectivity index (χ3n) is 3.26. The molecule has 0 aliphatic rings. The van der Waals surface area contributed by atoms with Crippen molar-refractivity contribution in [2.75, 3.05) is 6.61 Å². The standard InChI is InChI=1S/C17H19BrO2/c1-4-20-15-7-5-6-13(10-15)17(19)14-8-11(2)16(18)12(3)9-14/h5-10,17,19H,4H2,1-3H3. The van der Waals surface area contributed by atoms with E-state index in [0.29, 0.717) is 6.61 Å². The van der Waals surface area contributed by atoms with Gasteiger partial charge in [-0.3, -0.25) is 0 Å². The van der Waals surface area contributed by atoms with Gasteiger partial charge in [0.15, 0.2) is 0 Å². The quantitative estimate of drug-likeness (QED) is 0.888. The van der Waals surface area contributed by atoms with Crippen molar-refractivity contribution >= 4 is 15.9 Å². The maximum Gasteiger partial charge on any atom is 0.119 e. The van der Waals surface area contributed by atoms with Crippen LogP contribution in [0.2, 0.25) is 0 Å². The summed E-state index contributed by atoms with van der Waals surface area (Å²) in [6.07, 6.45) is -0.638. The van der Waals surface area contributed by atoms with E-state index in [-0.39, 0.29) is 0 Å². The normalized spacial score (nSPS) is 12.2. The maximum absolute atomic E-state index is 10.6. The second-order valence-corrected chi connectivity index (χ2v) is 5.67. The van der Waals surface area contributed by atoms with E-state index >= 15 is 0 Å². The first-order valence-corrected chi connectivity index (χ1v) is 7.49. The minimum absolute atomic E-state index is 0.621. The summed E-state index contributed by atoms with van der Waals surface area (Å²) in [4.78, 5) is 0. The molecule has 0 aromatic heterocycles. The molecule has 0 saturated carbocycles. The number of aryl methyl sites for hydroxylation is 2. The van der Waals surface area contributed by atoms with E-state index in [2.05, 4.69) is 15.9 Å². The average molecular weight is 335 g/mol. The van der Waals surface area contributed by atoms with Crippen LogP contribution in [-0.4, -0.2) is 11.7 Å². The Hall–Kier alpha value is -1.32. The molecule has 3 heteroatoms. The lowest BCUT2D eigenvalue weighted by atomic mass is 9.98. The Morgan fingerprint density at radius 2 is 1.75 bits per heavy atom. The largest absolute Gasteiger partial charge is 0.494 e. The first kappa shape index (κ1) is 15.1. The minimum atomic E-state index is -0.638. The molecule has 0 radical (unpaired) electrons. The van der Waals surface area contributed by atoms with Crippen LogP contribution in [0.15, 0.2) is 40.9 Å². The van der Waals surface area contributed by atoms with Crippen molar-refractivity contribution in [1.82, 2.24) is 0 Å². The van der Waals surface area contributed by atoms with Gasteiger partial charge in [0, 0.05) is 4.47 Å². The number of benzene rings is 2. The minimum Gasteiger partial charge on any atom is -0.494 e. The summed E-state index contributed by atoms with van der Waals surface area (Å²) >= 11 is 3.55. The van der Waals surface area contributed by atoms with E-state index in [0.717, 1.165) is 32.5 Å². The van der Waals surface area contributed by atoms with E-state index < -0.39 is 6.10 Å². The number of hydrogen-bond donors (Lipinski definition) is 1. The Labute approximate surface area is 128 Å². The zero-order chi connectivity index (χ0) is 14.7. The Morgan fingerprint density at radius 1 is 1.10 bits per heavy atom. The van der Waals surface area contributed by atoms with Crippen LogP contribution in [0.4, 0.5) is 0 Å². The molecule has 0 heterocycles. The predicted octanol–water partition coefficient (Wildman–Crippen LogP) is 4.55. The molecule has 0 bridgehead atoms. The molecule has 2 rings (SSSR count). The Morgan fingerprint density at radius 3 is 2.35 bits per heavy atom. The molecule has 2 aromatic carbocycles. The monoisotopic (exact) mass is 334 g/mol. The van der Waals surface area contributed by atoms with Gasteiger partial charge in [-0.1, -0.05) is 40.2 Å². The van der Waals surface area contributed by atoms with Gasteiger partial charge in [0.25, 0.3) is 0 Å². The van der Waals surface area contributed by atoms with Gasteiger partial charge < -0.3 is 9.84 Å². The average Bonchev–Trinajstić information content (AvgIpc) is 2.44. The molecule has 1 unspecified atom stereocenters. The summed E-state index contributed by atoms with van der Waals surface area (Å²) in [5.74, 6) is 0.787. The van der Waals surface area contributed by atoms with Crippen LogP contribution in [0, 0.1) is 13.8 Å². The summed E-state index contributed by atoms with van der Waals surface area (Å²) in [5.41, 5.74) is 3.99. The second-order valence-electron chi connectivity index (χ2n) is 4.88. The zero-order valence-corrected chi connectivity index (χ0v) is 13.6. The highest BCUT2D eigenvalue weighted by Crippen LogP contribution is 2.30. The van der Waals surface area contributed by atoms with Crippen molar-refractivity contribution in [3.8, 4) is 5.75 Å². The van der Waals surface area contributed by atoms with E-state index in [1.807, 2.05) is 57.2 Å². The number of halogens is 1. The molecule has 0 fully saturated rings. The molecule has 2 aromatic rings. The molecule has 0 amide bonds. The third-order valence-corrected chi connectivity index (χ3v) is 4.51. The molecule has 0 saturated heterocycles. The Kier molecular flexibility index (Phi) is 4.84. The van der Waals surface area contributed by atoms with Crippen molar-refractivity contribution < 1.29 is 9.84 Å². The van der Waals surface area contributed by atoms with Crippen LogP contribution in [0.3, 0.4) is 0 Å². The second kappa shape index (κ2) is 6.42. The highest BCUT2D eigenvalue weighted by molar-refractivity contribution is 9.10. The number of ether oxygens (including phenoxy) is 1. The lowest BCUT2D eigenvalue weighted by molar-refractivity contribution is 0.219. The first-order valence-electron chi connectivity index (χ1n) is 6.70. The molecule has 20 heavy (non-hydrogen) atoms. The van der Waals surface area contributed by atoms with E-state index in [1.54, 1.807) is 0 Å². The molecular weight excluding hydrogens is 316 g/mol. The van der Waals surface area contributed by atoms with Crippen LogP contribution in [0.1, 0.15) is 35.3 Å². The van der Waals surface area contributed by atoms with Gasteiger partial charge in [0.2, 0.25) is 0 Å². The number of rotatable bonds is 4. The van der Waals surface area contributed by atoms with Crippen LogP contribution in [-0.2, 0) is 0 Å². The Bertz CT molecular complexity index is 585. The van der Waals surface area contributed by atoms with Crippen molar-refractivity contribution in [3.63, 3.8) is 0 Å². The lowest BCUT2D eigenvalue weighted by Gasteiger charge is -2.15. The van der Waals surface area contributed by atoms with Gasteiger partial charge in [-0.25, -0.2) is 0 Å². The highest BCUT2D eigenvalue weighted by atomic mass is 79.9. The number of aliphatic hydroxyl groups excluding tert-OH is 1. The highest BCUT2D eigenvalue weighted by Gasteiger charge is 2.13. The fourth-order valence-corrected chi connectivity index (χ4v) is 2.50. The van der Waals surface area contributed by atoms with Crippen LogP contribution < -0.4 is 4.74 Å². The summed E-state index contributed by atoms with van der Waals surface area (Å²) in [7, 11) is 0. The maximum atomic E-state index is 10.6. The van der Waals surface area contributed by atoms with Crippen molar-refractivity contribution in [1.29, 1.82) is 0 Å². The molecule has 2 nitrogen and oxygen atoms in total.